The fraction of sp³-hybridized carbons (Fsp3) is 0.875. The number of ether oxygens (including phenoxy) is 4. The molecule has 0 aliphatic rings. The van der Waals surface area contributed by atoms with E-state index < -0.39 is 12.6 Å². The standard InChI is InChI=1S/C16H32N2O6/c1-5-21-15(22-6-2)11-17-13(19)9-10-14(20)18-12-16(23-7-3)24-8-4/h15-16H,5-12H2,1-4H3,(H,17,19)(H,18,20). The summed E-state index contributed by atoms with van der Waals surface area (Å²) in [5.41, 5.74) is 0. The minimum atomic E-state index is -0.462. The van der Waals surface area contributed by atoms with Gasteiger partial charge in [-0.15, -0.1) is 0 Å². The summed E-state index contributed by atoms with van der Waals surface area (Å²) in [6, 6.07) is 0. The largest absolute Gasteiger partial charge is 0.351 e. The van der Waals surface area contributed by atoms with E-state index in [1.807, 2.05) is 27.7 Å². The molecule has 142 valence electrons. The second-order valence-corrected chi connectivity index (χ2v) is 4.79. The molecule has 0 unspecified atom stereocenters. The Bertz CT molecular complexity index is 297. The molecule has 0 aromatic carbocycles. The molecule has 2 amide bonds. The third-order valence-corrected chi connectivity index (χ3v) is 2.92. The number of nitrogens with one attached hydrogen (secondary N) is 2. The quantitative estimate of drug-likeness (QED) is 0.425. The summed E-state index contributed by atoms with van der Waals surface area (Å²) in [7, 11) is 0. The van der Waals surface area contributed by atoms with Crippen LogP contribution in [0.2, 0.25) is 0 Å². The molecule has 2 N–H and O–H groups in total. The van der Waals surface area contributed by atoms with E-state index in [0.717, 1.165) is 0 Å². The van der Waals surface area contributed by atoms with Crippen LogP contribution in [-0.2, 0) is 28.5 Å². The van der Waals surface area contributed by atoms with Crippen molar-refractivity contribution < 1.29 is 28.5 Å². The molecule has 8 nitrogen and oxygen atoms in total. The maximum Gasteiger partial charge on any atom is 0.220 e. The molecular weight excluding hydrogens is 316 g/mol. The molecule has 0 fully saturated rings. The lowest BCUT2D eigenvalue weighted by Gasteiger charge is -2.18. The van der Waals surface area contributed by atoms with E-state index in [2.05, 4.69) is 10.6 Å². The molecule has 0 heterocycles. The molecule has 0 radical (unpaired) electrons. The van der Waals surface area contributed by atoms with Crippen LogP contribution in [0.4, 0.5) is 0 Å². The van der Waals surface area contributed by atoms with Crippen molar-refractivity contribution in [3.63, 3.8) is 0 Å². The lowest BCUT2D eigenvalue weighted by Crippen LogP contribution is -2.37. The van der Waals surface area contributed by atoms with Crippen LogP contribution < -0.4 is 10.6 Å². The molecule has 0 saturated carbocycles. The number of rotatable bonds is 15. The molecule has 0 rings (SSSR count). The molecule has 0 saturated heterocycles. The van der Waals surface area contributed by atoms with Gasteiger partial charge in [0.15, 0.2) is 12.6 Å². The third kappa shape index (κ3) is 12.2. The number of carbonyl (C=O) groups excluding carboxylic acids is 2. The van der Waals surface area contributed by atoms with Crippen molar-refractivity contribution in [3.05, 3.63) is 0 Å². The number of amides is 2. The summed E-state index contributed by atoms with van der Waals surface area (Å²) in [5.74, 6) is -0.443. The summed E-state index contributed by atoms with van der Waals surface area (Å²) in [5, 5.41) is 5.39. The van der Waals surface area contributed by atoms with Crippen LogP contribution in [0.1, 0.15) is 40.5 Å². The van der Waals surface area contributed by atoms with Crippen LogP contribution in [-0.4, -0.2) is 63.9 Å². The minimum Gasteiger partial charge on any atom is -0.351 e. The van der Waals surface area contributed by atoms with E-state index in [9.17, 15) is 9.59 Å². The normalized spacial score (nSPS) is 11.1. The van der Waals surface area contributed by atoms with Crippen LogP contribution in [0, 0.1) is 0 Å². The fourth-order valence-electron chi connectivity index (χ4n) is 1.87. The summed E-state index contributed by atoms with van der Waals surface area (Å²) in [6.07, 6.45) is -0.720. The molecule has 0 aromatic rings. The van der Waals surface area contributed by atoms with Gasteiger partial charge in [-0.2, -0.15) is 0 Å². The lowest BCUT2D eigenvalue weighted by molar-refractivity contribution is -0.142. The molecule has 0 atom stereocenters. The van der Waals surface area contributed by atoms with E-state index in [-0.39, 0.29) is 37.7 Å². The third-order valence-electron chi connectivity index (χ3n) is 2.92. The van der Waals surface area contributed by atoms with Crippen molar-refractivity contribution in [1.29, 1.82) is 0 Å². The zero-order valence-electron chi connectivity index (χ0n) is 15.3. The molecule has 8 heteroatoms. The predicted molar refractivity (Wildman–Crippen MR) is 89.3 cm³/mol. The predicted octanol–water partition coefficient (Wildman–Crippen LogP) is 0.797. The molecule has 0 aromatic heterocycles. The summed E-state index contributed by atoms with van der Waals surface area (Å²) >= 11 is 0. The Morgan fingerprint density at radius 1 is 0.667 bits per heavy atom. The number of hydrogen-bond acceptors (Lipinski definition) is 6. The van der Waals surface area contributed by atoms with Crippen LogP contribution in [0.25, 0.3) is 0 Å². The zero-order chi connectivity index (χ0) is 18.2. The number of hydrogen-bond donors (Lipinski definition) is 2. The first-order valence-corrected chi connectivity index (χ1v) is 8.56. The van der Waals surface area contributed by atoms with Gasteiger partial charge in [0.1, 0.15) is 0 Å². The van der Waals surface area contributed by atoms with Gasteiger partial charge in [-0.3, -0.25) is 9.59 Å². The first-order valence-electron chi connectivity index (χ1n) is 8.56. The van der Waals surface area contributed by atoms with Gasteiger partial charge in [0.05, 0.1) is 13.1 Å². The first kappa shape index (κ1) is 22.8. The van der Waals surface area contributed by atoms with Gasteiger partial charge >= 0.3 is 0 Å². The van der Waals surface area contributed by atoms with E-state index in [1.165, 1.54) is 0 Å². The van der Waals surface area contributed by atoms with Gasteiger partial charge in [0.2, 0.25) is 11.8 Å². The maximum absolute atomic E-state index is 11.8. The first-order chi connectivity index (χ1) is 11.6. The molecule has 0 bridgehead atoms. The van der Waals surface area contributed by atoms with Gasteiger partial charge in [-0.05, 0) is 27.7 Å². The highest BCUT2D eigenvalue weighted by Crippen LogP contribution is 1.97. The van der Waals surface area contributed by atoms with Crippen molar-refractivity contribution in [3.8, 4) is 0 Å². The lowest BCUT2D eigenvalue weighted by atomic mass is 10.3. The number of carbonyl (C=O) groups is 2. The smallest absolute Gasteiger partial charge is 0.220 e. The van der Waals surface area contributed by atoms with Crippen molar-refractivity contribution in [2.45, 2.75) is 53.1 Å². The van der Waals surface area contributed by atoms with Gasteiger partial charge in [-0.1, -0.05) is 0 Å². The topological polar surface area (TPSA) is 95.1 Å². The molecule has 24 heavy (non-hydrogen) atoms. The zero-order valence-corrected chi connectivity index (χ0v) is 15.3. The van der Waals surface area contributed by atoms with Crippen molar-refractivity contribution in [2.75, 3.05) is 39.5 Å². The fourth-order valence-corrected chi connectivity index (χ4v) is 1.87. The Morgan fingerprint density at radius 2 is 0.958 bits per heavy atom. The molecule has 0 aliphatic heterocycles. The second-order valence-electron chi connectivity index (χ2n) is 4.79. The van der Waals surface area contributed by atoms with E-state index in [4.69, 9.17) is 18.9 Å². The van der Waals surface area contributed by atoms with Gasteiger partial charge in [0, 0.05) is 39.3 Å². The van der Waals surface area contributed by atoms with Crippen molar-refractivity contribution in [2.24, 2.45) is 0 Å². The van der Waals surface area contributed by atoms with Crippen molar-refractivity contribution in [1.82, 2.24) is 10.6 Å². The average Bonchev–Trinajstić information content (AvgIpc) is 2.56. The monoisotopic (exact) mass is 348 g/mol. The average molecular weight is 348 g/mol. The van der Waals surface area contributed by atoms with Crippen LogP contribution in [0.3, 0.4) is 0 Å². The Labute approximate surface area is 144 Å². The highest BCUT2D eigenvalue weighted by molar-refractivity contribution is 5.83. The minimum absolute atomic E-state index is 0.102. The highest BCUT2D eigenvalue weighted by Gasteiger charge is 2.13. The van der Waals surface area contributed by atoms with Crippen molar-refractivity contribution >= 4 is 11.8 Å². The Balaban J connectivity index is 3.93. The van der Waals surface area contributed by atoms with Gasteiger partial charge < -0.3 is 29.6 Å². The Morgan fingerprint density at radius 3 is 1.21 bits per heavy atom. The summed E-state index contributed by atoms with van der Waals surface area (Å²) < 4.78 is 21.3. The van der Waals surface area contributed by atoms with E-state index in [0.29, 0.717) is 26.4 Å². The second kappa shape index (κ2) is 15.3. The highest BCUT2D eigenvalue weighted by atomic mass is 16.7. The molecule has 0 spiro atoms. The Kier molecular flexibility index (Phi) is 14.5. The molecule has 0 aliphatic carbocycles. The van der Waals surface area contributed by atoms with E-state index >= 15 is 0 Å². The van der Waals surface area contributed by atoms with Gasteiger partial charge in [0.25, 0.3) is 0 Å². The van der Waals surface area contributed by atoms with Crippen LogP contribution >= 0.6 is 0 Å². The Hall–Kier alpha value is -1.22. The molecular formula is C16H32N2O6. The SMILES string of the molecule is CCOC(CNC(=O)CCC(=O)NCC(OCC)OCC)OCC. The maximum atomic E-state index is 11.8. The summed E-state index contributed by atoms with van der Waals surface area (Å²) in [4.78, 5) is 23.5. The van der Waals surface area contributed by atoms with Crippen LogP contribution in [0.5, 0.6) is 0 Å². The van der Waals surface area contributed by atoms with Gasteiger partial charge in [-0.25, -0.2) is 0 Å². The van der Waals surface area contributed by atoms with E-state index in [1.54, 1.807) is 0 Å². The summed E-state index contributed by atoms with van der Waals surface area (Å²) in [6.45, 7) is 9.97. The van der Waals surface area contributed by atoms with Crippen LogP contribution in [0.15, 0.2) is 0 Å².